The second kappa shape index (κ2) is 14.2. The Morgan fingerprint density at radius 3 is 2.08 bits per heavy atom. The number of pyridine rings is 1. The smallest absolute Gasteiger partial charge is 0.148 e. The Kier molecular flexibility index (Phi) is 9.96. The zero-order valence-corrected chi connectivity index (χ0v) is 31.7. The fourth-order valence-corrected chi connectivity index (χ4v) is 6.85. The van der Waals surface area contributed by atoms with Crippen LogP contribution in [0.3, 0.4) is 0 Å². The van der Waals surface area contributed by atoms with Gasteiger partial charge < -0.3 is 5.11 Å². The van der Waals surface area contributed by atoms with Crippen molar-refractivity contribution in [2.45, 2.75) is 58.8 Å². The monoisotopic (exact) mass is 835 g/mol. The van der Waals surface area contributed by atoms with Crippen LogP contribution >= 0.6 is 0 Å². The van der Waals surface area contributed by atoms with Crippen molar-refractivity contribution in [3.63, 3.8) is 0 Å². The van der Waals surface area contributed by atoms with Crippen LogP contribution in [-0.2, 0) is 26.5 Å². The Hall–Kier alpha value is -4.79. The van der Waals surface area contributed by atoms with E-state index in [1.54, 1.807) is 0 Å². The van der Waals surface area contributed by atoms with Crippen LogP contribution in [0.15, 0.2) is 128 Å². The molecule has 0 aliphatic heterocycles. The molecule has 0 radical (unpaired) electrons. The quantitative estimate of drug-likeness (QED) is 0.155. The molecule has 4 nitrogen and oxygen atoms in total. The molecule has 0 saturated heterocycles. The number of benzene rings is 5. The molecule has 0 unspecified atom stereocenters. The summed E-state index contributed by atoms with van der Waals surface area (Å²) in [5.41, 5.74) is 11.4. The third-order valence-corrected chi connectivity index (χ3v) is 9.72. The van der Waals surface area contributed by atoms with E-state index in [2.05, 4.69) is 142 Å². The van der Waals surface area contributed by atoms with Crippen LogP contribution in [0.1, 0.15) is 75.6 Å². The fourth-order valence-electron chi connectivity index (χ4n) is 6.85. The predicted molar refractivity (Wildman–Crippen MR) is 202 cm³/mol. The van der Waals surface area contributed by atoms with E-state index in [0.29, 0.717) is 5.82 Å². The summed E-state index contributed by atoms with van der Waals surface area (Å²) in [6, 6.07) is 45.7. The number of para-hydroxylation sites is 2. The minimum absolute atomic E-state index is 0. The maximum atomic E-state index is 11.9. The van der Waals surface area contributed by atoms with Gasteiger partial charge in [-0.15, -0.1) is 29.3 Å². The summed E-state index contributed by atoms with van der Waals surface area (Å²) in [5, 5.41) is 11.9. The molecule has 0 spiro atoms. The van der Waals surface area contributed by atoms with Gasteiger partial charge in [-0.1, -0.05) is 132 Å². The molecule has 5 heteroatoms. The maximum absolute atomic E-state index is 11.9. The number of rotatable bonds is 8. The van der Waals surface area contributed by atoms with Crippen LogP contribution in [-0.4, -0.2) is 19.6 Å². The molecule has 0 atom stereocenters. The first-order valence-electron chi connectivity index (χ1n) is 17.1. The van der Waals surface area contributed by atoms with Gasteiger partial charge >= 0.3 is 0 Å². The van der Waals surface area contributed by atoms with Gasteiger partial charge in [0.2, 0.25) is 0 Å². The van der Waals surface area contributed by atoms with E-state index < -0.39 is 0 Å². The Balaban J connectivity index is 0.00000432. The van der Waals surface area contributed by atoms with Gasteiger partial charge in [0.15, 0.2) is 0 Å². The van der Waals surface area contributed by atoms with Crippen LogP contribution < -0.4 is 0 Å². The molecule has 0 fully saturated rings. The molecule has 7 aromatic rings. The number of aromatic nitrogens is 3. The third-order valence-electron chi connectivity index (χ3n) is 9.72. The van der Waals surface area contributed by atoms with Gasteiger partial charge in [0, 0.05) is 38.6 Å². The largest absolute Gasteiger partial charge is 0.507 e. The molecule has 0 aliphatic carbocycles. The van der Waals surface area contributed by atoms with Crippen molar-refractivity contribution in [2.24, 2.45) is 0 Å². The van der Waals surface area contributed by atoms with Crippen molar-refractivity contribution in [3.8, 4) is 45.2 Å². The Labute approximate surface area is 310 Å². The summed E-state index contributed by atoms with van der Waals surface area (Å²) >= 11 is 0. The number of aromatic hydroxyl groups is 1. The molecule has 0 bridgehead atoms. The molecular weight excluding hydrogens is 794 g/mol. The molecule has 7 rings (SSSR count). The SMILES string of the molecule is CC(C)c1cc(-c2nc3c(-c4[c-]c(-c5ccccn5)ccc4C(C)(C)c4ccccc4)cccc3n2-c2ccccc2)c(O)c(C(C)C)c1.[Pt]. The molecule has 1 N–H and O–H groups in total. The first-order valence-corrected chi connectivity index (χ1v) is 17.1. The molecule has 0 aliphatic rings. The van der Waals surface area contributed by atoms with E-state index >= 15 is 0 Å². The van der Waals surface area contributed by atoms with Gasteiger partial charge in [0.05, 0.1) is 16.6 Å². The fraction of sp³-hybridized carbons (Fsp3) is 0.200. The zero-order chi connectivity index (χ0) is 34.3. The molecule has 0 saturated carbocycles. The third kappa shape index (κ3) is 6.34. The molecule has 0 amide bonds. The maximum Gasteiger partial charge on any atom is 0.148 e. The van der Waals surface area contributed by atoms with E-state index in [1.807, 2.05) is 42.6 Å². The van der Waals surface area contributed by atoms with Crippen LogP contribution in [0.2, 0.25) is 0 Å². The van der Waals surface area contributed by atoms with Crippen molar-refractivity contribution in [3.05, 3.63) is 156 Å². The van der Waals surface area contributed by atoms with Crippen LogP contribution in [0.4, 0.5) is 0 Å². The standard InChI is InChI=1S/C45H42N3O.Pt/c1-29(2)32-27-36(30(3)4)43(49)38(28-32)44-47-42-35(20-15-22-41(42)48(44)34-18-11-8-12-19-34)37-26-31(40-21-13-14-25-46-40)23-24-39(37)45(5,6)33-16-9-7-10-17-33;/h7-25,27-30,49H,1-6H3;/q-1;. The first kappa shape index (κ1) is 35.0. The molecule has 50 heavy (non-hydrogen) atoms. The second-order valence-electron chi connectivity index (χ2n) is 14.0. The predicted octanol–water partition coefficient (Wildman–Crippen LogP) is 11.5. The molecule has 2 aromatic heterocycles. The number of phenols is 1. The van der Waals surface area contributed by atoms with E-state index in [1.165, 1.54) is 11.1 Å². The Morgan fingerprint density at radius 2 is 1.42 bits per heavy atom. The van der Waals surface area contributed by atoms with Gasteiger partial charge in [0.25, 0.3) is 0 Å². The number of hydrogen-bond acceptors (Lipinski definition) is 3. The van der Waals surface area contributed by atoms with Crippen LogP contribution in [0.5, 0.6) is 5.75 Å². The molecule has 2 heterocycles. The van der Waals surface area contributed by atoms with Gasteiger partial charge in [-0.2, -0.15) is 0 Å². The van der Waals surface area contributed by atoms with Crippen molar-refractivity contribution < 1.29 is 26.2 Å². The summed E-state index contributed by atoms with van der Waals surface area (Å²) in [4.78, 5) is 10.1. The average Bonchev–Trinajstić information content (AvgIpc) is 3.52. The number of phenolic OH excluding ortho intramolecular Hbond substituents is 1. The normalized spacial score (nSPS) is 11.7. The van der Waals surface area contributed by atoms with Gasteiger partial charge in [0.1, 0.15) is 11.6 Å². The summed E-state index contributed by atoms with van der Waals surface area (Å²) in [7, 11) is 0. The Morgan fingerprint density at radius 1 is 0.720 bits per heavy atom. The van der Waals surface area contributed by atoms with Crippen molar-refractivity contribution >= 4 is 11.0 Å². The number of nitrogens with zero attached hydrogens (tertiary/aromatic N) is 3. The van der Waals surface area contributed by atoms with Crippen molar-refractivity contribution in [1.29, 1.82) is 0 Å². The summed E-state index contributed by atoms with van der Waals surface area (Å²) < 4.78 is 2.19. The minimum Gasteiger partial charge on any atom is -0.507 e. The van der Waals surface area contributed by atoms with Crippen LogP contribution in [0.25, 0.3) is 50.5 Å². The Bertz CT molecular complexity index is 2260. The summed E-state index contributed by atoms with van der Waals surface area (Å²) in [5.74, 6) is 1.42. The first-order chi connectivity index (χ1) is 23.6. The van der Waals surface area contributed by atoms with Crippen LogP contribution in [0, 0.1) is 6.07 Å². The minimum atomic E-state index is -0.335. The zero-order valence-electron chi connectivity index (χ0n) is 29.4. The summed E-state index contributed by atoms with van der Waals surface area (Å²) in [6.45, 7) is 13.2. The van der Waals surface area contributed by atoms with E-state index in [4.69, 9.17) is 4.98 Å². The van der Waals surface area contributed by atoms with E-state index in [-0.39, 0.29) is 44.1 Å². The van der Waals surface area contributed by atoms with E-state index in [0.717, 1.165) is 55.8 Å². The molecule has 5 aromatic carbocycles. The number of fused-ring (bicyclic) bond motifs is 1. The summed E-state index contributed by atoms with van der Waals surface area (Å²) in [6.07, 6.45) is 1.82. The van der Waals surface area contributed by atoms with Gasteiger partial charge in [-0.3, -0.25) is 9.55 Å². The molecular formula is C45H42N3OPt-. The van der Waals surface area contributed by atoms with Gasteiger partial charge in [-0.25, -0.2) is 4.98 Å². The van der Waals surface area contributed by atoms with Crippen molar-refractivity contribution in [2.75, 3.05) is 0 Å². The second-order valence-corrected chi connectivity index (χ2v) is 14.0. The van der Waals surface area contributed by atoms with Gasteiger partial charge in [-0.05, 0) is 64.3 Å². The van der Waals surface area contributed by atoms with E-state index in [9.17, 15) is 5.11 Å². The topological polar surface area (TPSA) is 50.9 Å². The van der Waals surface area contributed by atoms with Crippen molar-refractivity contribution in [1.82, 2.24) is 14.5 Å². The molecule has 254 valence electrons. The average molecular weight is 836 g/mol. The number of imidazole rings is 1. The number of hydrogen-bond donors (Lipinski definition) is 1.